The van der Waals surface area contributed by atoms with E-state index in [9.17, 15) is 4.79 Å². The van der Waals surface area contributed by atoms with Gasteiger partial charge in [0, 0.05) is 30.7 Å². The van der Waals surface area contributed by atoms with Gasteiger partial charge in [-0.2, -0.15) is 0 Å². The van der Waals surface area contributed by atoms with E-state index in [0.29, 0.717) is 18.2 Å². The average molecular weight is 311 g/mol. The predicted octanol–water partition coefficient (Wildman–Crippen LogP) is 3.82. The molecule has 1 aromatic rings. The van der Waals surface area contributed by atoms with Crippen LogP contribution in [-0.4, -0.2) is 18.2 Å². The Balaban J connectivity index is 2.69. The molecule has 122 valence electrons. The number of aliphatic imine (C=N–C) groups is 1. The molecule has 4 nitrogen and oxygen atoms in total. The third-order valence-corrected chi connectivity index (χ3v) is 3.33. The molecule has 23 heavy (non-hydrogen) atoms. The van der Waals surface area contributed by atoms with Gasteiger partial charge in [0.1, 0.15) is 0 Å². The molecule has 0 heterocycles. The van der Waals surface area contributed by atoms with Crippen LogP contribution in [-0.2, 0) is 11.3 Å². The minimum atomic E-state index is -0.155. The van der Waals surface area contributed by atoms with Crippen LogP contribution in [0.5, 0.6) is 0 Å². The molecule has 0 atom stereocenters. The second-order valence-electron chi connectivity index (χ2n) is 5.24. The van der Waals surface area contributed by atoms with E-state index in [1.54, 1.807) is 13.0 Å². The van der Waals surface area contributed by atoms with Crippen molar-refractivity contribution >= 4 is 17.8 Å². The third kappa shape index (κ3) is 5.58. The number of carbonyl (C=O) groups excluding carboxylic acids is 1. The standard InChI is InChI=1S/C19H25N3O/c1-6-17(14-20-7-2)19(23)21-13-16-9-11-18(12-10-16)22(8-3)15(4)5/h6-12,14-15H,2-3,13H2,1,4-5H3,(H,21,23)/b17-6+,20-14?. The maximum Gasteiger partial charge on any atom is 0.252 e. The van der Waals surface area contributed by atoms with Gasteiger partial charge in [-0.3, -0.25) is 9.79 Å². The van der Waals surface area contributed by atoms with Crippen LogP contribution in [0.3, 0.4) is 0 Å². The first-order valence-electron chi connectivity index (χ1n) is 7.61. The number of hydrogen-bond acceptors (Lipinski definition) is 3. The lowest BCUT2D eigenvalue weighted by Crippen LogP contribution is -2.25. The first kappa shape index (κ1) is 18.4. The first-order valence-corrected chi connectivity index (χ1v) is 7.61. The van der Waals surface area contributed by atoms with Crippen LogP contribution in [0.25, 0.3) is 0 Å². The molecule has 0 radical (unpaired) electrons. The van der Waals surface area contributed by atoms with Crippen molar-refractivity contribution in [3.63, 3.8) is 0 Å². The summed E-state index contributed by atoms with van der Waals surface area (Å²) in [6, 6.07) is 8.40. The summed E-state index contributed by atoms with van der Waals surface area (Å²) in [6.45, 7) is 13.8. The highest BCUT2D eigenvalue weighted by Crippen LogP contribution is 2.18. The molecule has 0 saturated carbocycles. The maximum atomic E-state index is 12.0. The number of nitrogens with zero attached hydrogens (tertiary/aromatic N) is 2. The van der Waals surface area contributed by atoms with E-state index in [1.807, 2.05) is 30.5 Å². The van der Waals surface area contributed by atoms with Crippen LogP contribution in [0.2, 0.25) is 0 Å². The summed E-state index contributed by atoms with van der Waals surface area (Å²) in [4.78, 5) is 18.0. The monoisotopic (exact) mass is 311 g/mol. The number of anilines is 1. The maximum absolute atomic E-state index is 12.0. The van der Waals surface area contributed by atoms with Gasteiger partial charge in [0.15, 0.2) is 0 Å². The van der Waals surface area contributed by atoms with Gasteiger partial charge >= 0.3 is 0 Å². The van der Waals surface area contributed by atoms with Gasteiger partial charge in [-0.15, -0.1) is 0 Å². The van der Waals surface area contributed by atoms with Crippen molar-refractivity contribution in [2.75, 3.05) is 4.90 Å². The molecule has 1 rings (SSSR count). The Kier molecular flexibility index (Phi) is 7.54. The fraction of sp³-hybridized carbons (Fsp3) is 0.263. The smallest absolute Gasteiger partial charge is 0.252 e. The second-order valence-corrected chi connectivity index (χ2v) is 5.24. The molecule has 0 aliphatic rings. The highest BCUT2D eigenvalue weighted by molar-refractivity contribution is 6.12. The van der Waals surface area contributed by atoms with Crippen molar-refractivity contribution in [2.24, 2.45) is 4.99 Å². The lowest BCUT2D eigenvalue weighted by atomic mass is 10.1. The Hall–Kier alpha value is -2.62. The van der Waals surface area contributed by atoms with E-state index < -0.39 is 0 Å². The Labute approximate surface area is 138 Å². The lowest BCUT2D eigenvalue weighted by molar-refractivity contribution is -0.117. The number of carbonyl (C=O) groups is 1. The third-order valence-electron chi connectivity index (χ3n) is 3.33. The summed E-state index contributed by atoms with van der Waals surface area (Å²) in [5.41, 5.74) is 2.63. The van der Waals surface area contributed by atoms with Gasteiger partial charge in [-0.1, -0.05) is 31.4 Å². The Morgan fingerprint density at radius 3 is 2.43 bits per heavy atom. The van der Waals surface area contributed by atoms with Crippen molar-refractivity contribution < 1.29 is 4.79 Å². The molecular formula is C19H25N3O. The number of benzene rings is 1. The fourth-order valence-corrected chi connectivity index (χ4v) is 2.08. The normalized spacial score (nSPS) is 11.6. The molecule has 0 fully saturated rings. The summed E-state index contributed by atoms with van der Waals surface area (Å²) in [5.74, 6) is -0.155. The molecule has 0 aromatic heterocycles. The van der Waals surface area contributed by atoms with Gasteiger partial charge in [-0.25, -0.2) is 0 Å². The highest BCUT2D eigenvalue weighted by atomic mass is 16.1. The molecule has 1 amide bonds. The predicted molar refractivity (Wildman–Crippen MR) is 98.5 cm³/mol. The van der Waals surface area contributed by atoms with Crippen molar-refractivity contribution in [3.8, 4) is 0 Å². The fourth-order valence-electron chi connectivity index (χ4n) is 2.08. The van der Waals surface area contributed by atoms with E-state index in [1.165, 1.54) is 12.4 Å². The van der Waals surface area contributed by atoms with Crippen LogP contribution >= 0.6 is 0 Å². The van der Waals surface area contributed by atoms with Gasteiger partial charge in [0.2, 0.25) is 0 Å². The summed E-state index contributed by atoms with van der Waals surface area (Å²) < 4.78 is 0. The van der Waals surface area contributed by atoms with Crippen molar-refractivity contribution in [2.45, 2.75) is 33.4 Å². The molecule has 0 bridgehead atoms. The van der Waals surface area contributed by atoms with Crippen LogP contribution in [0.1, 0.15) is 26.3 Å². The Bertz CT molecular complexity index is 598. The van der Waals surface area contributed by atoms with Crippen molar-refractivity contribution in [3.05, 3.63) is 67.0 Å². The minimum Gasteiger partial charge on any atom is -0.348 e. The zero-order valence-corrected chi connectivity index (χ0v) is 14.1. The molecule has 0 spiro atoms. The number of hydrogen-bond donors (Lipinski definition) is 1. The number of nitrogens with one attached hydrogen (secondary N) is 1. The number of allylic oxidation sites excluding steroid dienone is 1. The molecular weight excluding hydrogens is 286 g/mol. The topological polar surface area (TPSA) is 44.7 Å². The molecule has 4 heteroatoms. The van der Waals surface area contributed by atoms with Crippen LogP contribution in [0.4, 0.5) is 5.69 Å². The van der Waals surface area contributed by atoms with Crippen molar-refractivity contribution in [1.29, 1.82) is 0 Å². The zero-order chi connectivity index (χ0) is 17.2. The summed E-state index contributed by atoms with van der Waals surface area (Å²) in [5, 5.41) is 2.88. The highest BCUT2D eigenvalue weighted by Gasteiger charge is 2.08. The lowest BCUT2D eigenvalue weighted by Gasteiger charge is -2.24. The van der Waals surface area contributed by atoms with E-state index >= 15 is 0 Å². The molecule has 0 unspecified atom stereocenters. The summed E-state index contributed by atoms with van der Waals surface area (Å²) in [7, 11) is 0. The minimum absolute atomic E-state index is 0.155. The van der Waals surface area contributed by atoms with Crippen LogP contribution in [0, 0.1) is 0 Å². The zero-order valence-electron chi connectivity index (χ0n) is 14.1. The molecule has 1 aromatic carbocycles. The molecule has 0 aliphatic carbocycles. The summed E-state index contributed by atoms with van der Waals surface area (Å²) in [6.07, 6.45) is 6.43. The SMILES string of the molecule is C=CN=C/C(=C\C)C(=O)NCc1ccc(N(C=C)C(C)C)cc1. The van der Waals surface area contributed by atoms with Gasteiger partial charge < -0.3 is 10.2 Å². The van der Waals surface area contributed by atoms with Crippen LogP contribution in [0.15, 0.2) is 66.5 Å². The van der Waals surface area contributed by atoms with E-state index in [2.05, 4.69) is 42.2 Å². The molecule has 0 aliphatic heterocycles. The largest absolute Gasteiger partial charge is 0.348 e. The first-order chi connectivity index (χ1) is 11.0. The second kappa shape index (κ2) is 9.41. The summed E-state index contributed by atoms with van der Waals surface area (Å²) >= 11 is 0. The molecule has 0 saturated heterocycles. The average Bonchev–Trinajstić information content (AvgIpc) is 2.55. The quantitative estimate of drug-likeness (QED) is 0.586. The van der Waals surface area contributed by atoms with Gasteiger partial charge in [0.05, 0.1) is 5.57 Å². The number of rotatable bonds is 8. The van der Waals surface area contributed by atoms with E-state index in [-0.39, 0.29) is 5.91 Å². The number of amides is 1. The van der Waals surface area contributed by atoms with Crippen LogP contribution < -0.4 is 10.2 Å². The molecule has 1 N–H and O–H groups in total. The van der Waals surface area contributed by atoms with E-state index in [0.717, 1.165) is 11.3 Å². The van der Waals surface area contributed by atoms with Crippen molar-refractivity contribution in [1.82, 2.24) is 5.32 Å². The van der Waals surface area contributed by atoms with E-state index in [4.69, 9.17) is 0 Å². The Morgan fingerprint density at radius 2 is 1.96 bits per heavy atom. The van der Waals surface area contributed by atoms with Gasteiger partial charge in [-0.05, 0) is 44.7 Å². The van der Waals surface area contributed by atoms with Gasteiger partial charge in [0.25, 0.3) is 5.91 Å². The Morgan fingerprint density at radius 1 is 1.30 bits per heavy atom.